The van der Waals surface area contributed by atoms with Gasteiger partial charge in [0.2, 0.25) is 0 Å². The van der Waals surface area contributed by atoms with E-state index >= 15 is 0 Å². The van der Waals surface area contributed by atoms with E-state index in [1.807, 2.05) is 7.05 Å². The van der Waals surface area contributed by atoms with E-state index in [1.54, 1.807) is 0 Å². The summed E-state index contributed by atoms with van der Waals surface area (Å²) in [6, 6.07) is 0.565. The topological polar surface area (TPSA) is 12.0 Å². The lowest BCUT2D eigenvalue weighted by atomic mass is 10.0. The Bertz CT molecular complexity index is 145. The van der Waals surface area contributed by atoms with Crippen LogP contribution in [-0.4, -0.2) is 13.1 Å². The fourth-order valence-electron chi connectivity index (χ4n) is 1.04. The summed E-state index contributed by atoms with van der Waals surface area (Å²) in [6.45, 7) is 2.12. The molecule has 0 fully saturated rings. The molecular weight excluding hydrogens is 110 g/mol. The van der Waals surface area contributed by atoms with Crippen molar-refractivity contribution < 1.29 is 0 Å². The van der Waals surface area contributed by atoms with Crippen molar-refractivity contribution in [1.82, 2.24) is 5.32 Å². The Morgan fingerprint density at radius 2 is 2.44 bits per heavy atom. The average molecular weight is 123 g/mol. The van der Waals surface area contributed by atoms with E-state index in [4.69, 9.17) is 0 Å². The molecule has 1 unspecified atom stereocenters. The zero-order valence-electron chi connectivity index (χ0n) is 6.02. The lowest BCUT2D eigenvalue weighted by molar-refractivity contribution is 0.667. The van der Waals surface area contributed by atoms with Crippen LogP contribution in [0.3, 0.4) is 0 Å². The number of hydrogen-bond acceptors (Lipinski definition) is 1. The molecule has 0 aliphatic heterocycles. The molecular formula is C8H13N. The molecule has 1 aliphatic rings. The molecule has 1 aliphatic carbocycles. The normalized spacial score (nSPS) is 26.0. The molecule has 0 aromatic carbocycles. The maximum Gasteiger partial charge on any atom is 0.0287 e. The zero-order valence-corrected chi connectivity index (χ0v) is 6.02. The van der Waals surface area contributed by atoms with E-state index < -0.39 is 0 Å². The Kier molecular flexibility index (Phi) is 2.06. The molecule has 50 valence electrons. The highest BCUT2D eigenvalue weighted by Crippen LogP contribution is 2.08. The van der Waals surface area contributed by atoms with Crippen molar-refractivity contribution in [3.8, 4) is 0 Å². The summed E-state index contributed by atoms with van der Waals surface area (Å²) in [6.07, 6.45) is 7.75. The Balaban J connectivity index is 2.55. The van der Waals surface area contributed by atoms with Crippen molar-refractivity contribution in [2.75, 3.05) is 7.05 Å². The molecule has 0 spiro atoms. The molecule has 1 nitrogen and oxygen atoms in total. The van der Waals surface area contributed by atoms with E-state index in [-0.39, 0.29) is 0 Å². The summed E-state index contributed by atoms with van der Waals surface area (Å²) in [7, 11) is 1.99. The van der Waals surface area contributed by atoms with E-state index in [2.05, 4.69) is 30.5 Å². The number of allylic oxidation sites excluding steroid dienone is 2. The molecule has 1 heteroatoms. The molecule has 0 heterocycles. The number of hydrogen-bond donors (Lipinski definition) is 1. The van der Waals surface area contributed by atoms with Crippen LogP contribution in [0.15, 0.2) is 23.8 Å². The van der Waals surface area contributed by atoms with Gasteiger partial charge in [-0.3, -0.25) is 0 Å². The van der Waals surface area contributed by atoms with Gasteiger partial charge in [-0.15, -0.1) is 0 Å². The molecule has 0 bridgehead atoms. The lowest BCUT2D eigenvalue weighted by Gasteiger charge is -2.12. The molecule has 1 atom stereocenters. The van der Waals surface area contributed by atoms with Gasteiger partial charge in [0.25, 0.3) is 0 Å². The summed E-state index contributed by atoms with van der Waals surface area (Å²) in [4.78, 5) is 0. The van der Waals surface area contributed by atoms with Crippen LogP contribution in [-0.2, 0) is 0 Å². The minimum Gasteiger partial charge on any atom is -0.313 e. The van der Waals surface area contributed by atoms with Gasteiger partial charge in [0.1, 0.15) is 0 Å². The fourth-order valence-corrected chi connectivity index (χ4v) is 1.04. The quantitative estimate of drug-likeness (QED) is 0.557. The van der Waals surface area contributed by atoms with Crippen molar-refractivity contribution in [1.29, 1.82) is 0 Å². The number of likely N-dealkylation sites (N-methyl/N-ethyl adjacent to an activating group) is 1. The molecule has 1 N–H and O–H groups in total. The highest BCUT2D eigenvalue weighted by atomic mass is 14.9. The Labute approximate surface area is 56.5 Å². The van der Waals surface area contributed by atoms with Crippen LogP contribution in [0.25, 0.3) is 0 Å². The van der Waals surface area contributed by atoms with Gasteiger partial charge in [-0.05, 0) is 20.4 Å². The SMILES string of the molecule is CNC1C=C(C)C=CC1. The Hall–Kier alpha value is -0.560. The second-order valence-corrected chi connectivity index (χ2v) is 2.44. The van der Waals surface area contributed by atoms with Gasteiger partial charge in [0, 0.05) is 6.04 Å². The van der Waals surface area contributed by atoms with Crippen LogP contribution in [0, 0.1) is 0 Å². The van der Waals surface area contributed by atoms with E-state index in [0.717, 1.165) is 6.42 Å². The maximum absolute atomic E-state index is 3.21. The van der Waals surface area contributed by atoms with Crippen molar-refractivity contribution in [3.63, 3.8) is 0 Å². The first-order valence-electron chi connectivity index (χ1n) is 3.35. The van der Waals surface area contributed by atoms with E-state index in [9.17, 15) is 0 Å². The van der Waals surface area contributed by atoms with Crippen LogP contribution in [0.5, 0.6) is 0 Å². The Morgan fingerprint density at radius 1 is 1.67 bits per heavy atom. The summed E-state index contributed by atoms with van der Waals surface area (Å²) in [5.74, 6) is 0. The minimum absolute atomic E-state index is 0.565. The van der Waals surface area contributed by atoms with Crippen LogP contribution in [0.4, 0.5) is 0 Å². The van der Waals surface area contributed by atoms with Gasteiger partial charge in [0.05, 0.1) is 0 Å². The molecule has 0 aromatic rings. The van der Waals surface area contributed by atoms with Crippen LogP contribution < -0.4 is 5.32 Å². The second kappa shape index (κ2) is 2.83. The number of rotatable bonds is 1. The first-order valence-corrected chi connectivity index (χ1v) is 3.35. The van der Waals surface area contributed by atoms with E-state index in [0.29, 0.717) is 6.04 Å². The minimum atomic E-state index is 0.565. The fraction of sp³-hybridized carbons (Fsp3) is 0.500. The molecule has 1 rings (SSSR count). The van der Waals surface area contributed by atoms with Gasteiger partial charge in [-0.2, -0.15) is 0 Å². The predicted octanol–water partition coefficient (Wildman–Crippen LogP) is 1.48. The monoisotopic (exact) mass is 123 g/mol. The molecule has 0 saturated carbocycles. The average Bonchev–Trinajstić information content (AvgIpc) is 1.88. The second-order valence-electron chi connectivity index (χ2n) is 2.44. The molecule has 0 aromatic heterocycles. The summed E-state index contributed by atoms with van der Waals surface area (Å²) in [5.41, 5.74) is 1.36. The van der Waals surface area contributed by atoms with Crippen LogP contribution >= 0.6 is 0 Å². The number of nitrogens with one attached hydrogen (secondary N) is 1. The standard InChI is InChI=1S/C8H13N/c1-7-4-3-5-8(6-7)9-2/h3-4,6,8-9H,5H2,1-2H3. The third-order valence-electron chi connectivity index (χ3n) is 1.61. The van der Waals surface area contributed by atoms with Gasteiger partial charge in [-0.25, -0.2) is 0 Å². The van der Waals surface area contributed by atoms with E-state index in [1.165, 1.54) is 5.57 Å². The zero-order chi connectivity index (χ0) is 6.69. The molecule has 9 heavy (non-hydrogen) atoms. The maximum atomic E-state index is 3.21. The summed E-state index contributed by atoms with van der Waals surface area (Å²) in [5, 5.41) is 3.21. The summed E-state index contributed by atoms with van der Waals surface area (Å²) >= 11 is 0. The lowest BCUT2D eigenvalue weighted by Crippen LogP contribution is -2.23. The van der Waals surface area contributed by atoms with Crippen molar-refractivity contribution in [3.05, 3.63) is 23.8 Å². The first-order chi connectivity index (χ1) is 4.33. The van der Waals surface area contributed by atoms with Crippen molar-refractivity contribution in [2.24, 2.45) is 0 Å². The van der Waals surface area contributed by atoms with Gasteiger partial charge < -0.3 is 5.32 Å². The molecule has 0 saturated heterocycles. The third kappa shape index (κ3) is 1.68. The van der Waals surface area contributed by atoms with Crippen LogP contribution in [0.1, 0.15) is 13.3 Å². The van der Waals surface area contributed by atoms with Gasteiger partial charge in [0.15, 0.2) is 0 Å². The highest BCUT2D eigenvalue weighted by Gasteiger charge is 2.02. The highest BCUT2D eigenvalue weighted by molar-refractivity contribution is 5.23. The van der Waals surface area contributed by atoms with Gasteiger partial charge >= 0.3 is 0 Å². The summed E-state index contributed by atoms with van der Waals surface area (Å²) < 4.78 is 0. The molecule has 0 radical (unpaired) electrons. The predicted molar refractivity (Wildman–Crippen MR) is 40.4 cm³/mol. The first kappa shape index (κ1) is 6.56. The molecule has 0 amide bonds. The van der Waals surface area contributed by atoms with Gasteiger partial charge in [-0.1, -0.05) is 23.8 Å². The van der Waals surface area contributed by atoms with Crippen molar-refractivity contribution >= 4 is 0 Å². The smallest absolute Gasteiger partial charge is 0.0287 e. The largest absolute Gasteiger partial charge is 0.313 e. The third-order valence-corrected chi connectivity index (χ3v) is 1.61. The van der Waals surface area contributed by atoms with Crippen molar-refractivity contribution in [2.45, 2.75) is 19.4 Å². The van der Waals surface area contributed by atoms with Crippen LogP contribution in [0.2, 0.25) is 0 Å². The Morgan fingerprint density at radius 3 is 2.89 bits per heavy atom.